The Morgan fingerprint density at radius 1 is 1.16 bits per heavy atom. The summed E-state index contributed by atoms with van der Waals surface area (Å²) < 4.78 is 4.96. The second-order valence-electron chi connectivity index (χ2n) is 5.24. The fraction of sp³-hybridized carbons (Fsp3) is 0.833. The molecule has 19 heavy (non-hydrogen) atoms. The molecule has 0 saturated carbocycles. The monoisotopic (exact) mass is 276 g/mol. The van der Waals surface area contributed by atoms with Crippen LogP contribution in [-0.4, -0.2) is 49.9 Å². The third-order valence-corrected chi connectivity index (χ3v) is 1.88. The van der Waals surface area contributed by atoms with Crippen LogP contribution < -0.4 is 10.8 Å². The van der Waals surface area contributed by atoms with Gasteiger partial charge in [-0.3, -0.25) is 14.4 Å². The van der Waals surface area contributed by atoms with Crippen LogP contribution in [0.4, 0.5) is 0 Å². The number of aliphatic hydroxyl groups excluding tert-OH is 1. The average Bonchev–Trinajstić information content (AvgIpc) is 2.26. The number of hydroxylamine groups is 1. The molecule has 0 aliphatic rings. The van der Waals surface area contributed by atoms with Gasteiger partial charge in [0.25, 0.3) is 0 Å². The third kappa shape index (κ3) is 13.1. The highest BCUT2D eigenvalue weighted by Gasteiger charge is 2.16. The van der Waals surface area contributed by atoms with Crippen LogP contribution >= 0.6 is 0 Å². The molecular weight excluding hydrogens is 252 g/mol. The first-order valence-electron chi connectivity index (χ1n) is 6.21. The van der Waals surface area contributed by atoms with Gasteiger partial charge in [-0.1, -0.05) is 20.8 Å². The Labute approximate surface area is 113 Å². The zero-order valence-electron chi connectivity index (χ0n) is 11.8. The maximum absolute atomic E-state index is 11.4. The Morgan fingerprint density at radius 2 is 1.84 bits per heavy atom. The molecule has 0 aromatic carbocycles. The van der Waals surface area contributed by atoms with Gasteiger partial charge in [0.1, 0.15) is 0 Å². The van der Waals surface area contributed by atoms with Crippen LogP contribution in [0.5, 0.6) is 0 Å². The first-order valence-corrected chi connectivity index (χ1v) is 6.21. The van der Waals surface area contributed by atoms with E-state index in [9.17, 15) is 9.59 Å². The van der Waals surface area contributed by atoms with E-state index in [1.807, 2.05) is 20.8 Å². The Morgan fingerprint density at radius 3 is 2.42 bits per heavy atom. The van der Waals surface area contributed by atoms with Crippen molar-refractivity contribution in [2.45, 2.75) is 27.2 Å². The molecule has 0 unspecified atom stereocenters. The molecule has 0 bridgehead atoms. The van der Waals surface area contributed by atoms with E-state index in [4.69, 9.17) is 14.7 Å². The number of nitrogens with one attached hydrogen (secondary N) is 2. The van der Waals surface area contributed by atoms with Crippen LogP contribution in [-0.2, 0) is 19.2 Å². The van der Waals surface area contributed by atoms with Gasteiger partial charge in [-0.05, 0) is 5.41 Å². The van der Waals surface area contributed by atoms with E-state index in [1.54, 1.807) is 0 Å². The molecule has 0 atom stereocenters. The molecule has 112 valence electrons. The van der Waals surface area contributed by atoms with Crippen molar-refractivity contribution >= 4 is 11.8 Å². The van der Waals surface area contributed by atoms with Crippen molar-refractivity contribution in [1.29, 1.82) is 0 Å². The van der Waals surface area contributed by atoms with Crippen molar-refractivity contribution in [3.8, 4) is 0 Å². The lowest BCUT2D eigenvalue weighted by molar-refractivity contribution is -0.140. The summed E-state index contributed by atoms with van der Waals surface area (Å²) in [5, 5.41) is 11.0. The summed E-state index contributed by atoms with van der Waals surface area (Å²) in [6.45, 7) is 6.42. The average molecular weight is 276 g/mol. The molecule has 0 rings (SSSR count). The molecular formula is C12H24N2O5. The molecule has 0 aromatic rings. The van der Waals surface area contributed by atoms with E-state index in [0.717, 1.165) is 0 Å². The normalized spacial score (nSPS) is 11.2. The van der Waals surface area contributed by atoms with Gasteiger partial charge in [0, 0.05) is 13.0 Å². The van der Waals surface area contributed by atoms with E-state index < -0.39 is 0 Å². The summed E-state index contributed by atoms with van der Waals surface area (Å²) >= 11 is 0. The van der Waals surface area contributed by atoms with E-state index in [0.29, 0.717) is 19.6 Å². The SMILES string of the molecule is CC(C)(C)CC(=O)NOCC(=O)NCCOCCO. The highest BCUT2D eigenvalue weighted by molar-refractivity contribution is 5.78. The number of amides is 2. The number of carbonyl (C=O) groups is 2. The van der Waals surface area contributed by atoms with Crippen LogP contribution in [0.25, 0.3) is 0 Å². The number of hydrogen-bond acceptors (Lipinski definition) is 5. The van der Waals surface area contributed by atoms with E-state index in [-0.39, 0.29) is 37.0 Å². The summed E-state index contributed by atoms with van der Waals surface area (Å²) in [5.74, 6) is -0.602. The molecule has 0 heterocycles. The van der Waals surface area contributed by atoms with Crippen LogP contribution in [0.3, 0.4) is 0 Å². The number of rotatable bonds is 9. The van der Waals surface area contributed by atoms with Crippen LogP contribution in [0.15, 0.2) is 0 Å². The first kappa shape index (κ1) is 17.8. The Bertz CT molecular complexity index is 276. The zero-order valence-corrected chi connectivity index (χ0v) is 11.8. The van der Waals surface area contributed by atoms with Gasteiger partial charge in [-0.15, -0.1) is 0 Å². The molecule has 3 N–H and O–H groups in total. The van der Waals surface area contributed by atoms with Crippen LogP contribution in [0, 0.1) is 5.41 Å². The minimum absolute atomic E-state index is 0.0448. The third-order valence-electron chi connectivity index (χ3n) is 1.88. The lowest BCUT2D eigenvalue weighted by Gasteiger charge is -2.16. The molecule has 7 heteroatoms. The minimum atomic E-state index is -0.344. The summed E-state index contributed by atoms with van der Waals surface area (Å²) in [4.78, 5) is 27.4. The number of carbonyl (C=O) groups excluding carboxylic acids is 2. The molecule has 0 fully saturated rings. The van der Waals surface area contributed by atoms with Crippen LogP contribution in [0.2, 0.25) is 0 Å². The van der Waals surface area contributed by atoms with Gasteiger partial charge in [0.15, 0.2) is 6.61 Å². The predicted molar refractivity (Wildman–Crippen MR) is 69.1 cm³/mol. The fourth-order valence-electron chi connectivity index (χ4n) is 1.18. The highest BCUT2D eigenvalue weighted by Crippen LogP contribution is 2.17. The molecule has 0 aliphatic carbocycles. The Kier molecular flexibility index (Phi) is 9.11. The summed E-state index contributed by atoms with van der Waals surface area (Å²) in [6.07, 6.45) is 0.323. The lowest BCUT2D eigenvalue weighted by atomic mass is 9.92. The zero-order chi connectivity index (χ0) is 14.7. The van der Waals surface area contributed by atoms with Gasteiger partial charge in [-0.25, -0.2) is 5.48 Å². The van der Waals surface area contributed by atoms with Gasteiger partial charge < -0.3 is 15.2 Å². The molecule has 0 aliphatic heterocycles. The van der Waals surface area contributed by atoms with Crippen LogP contribution in [0.1, 0.15) is 27.2 Å². The minimum Gasteiger partial charge on any atom is -0.394 e. The number of hydrogen-bond donors (Lipinski definition) is 3. The van der Waals surface area contributed by atoms with Crippen molar-refractivity contribution < 1.29 is 24.3 Å². The lowest BCUT2D eigenvalue weighted by Crippen LogP contribution is -2.35. The number of ether oxygens (including phenoxy) is 1. The molecule has 0 aromatic heterocycles. The van der Waals surface area contributed by atoms with E-state index >= 15 is 0 Å². The number of aliphatic hydroxyl groups is 1. The Balaban J connectivity index is 3.50. The smallest absolute Gasteiger partial charge is 0.248 e. The van der Waals surface area contributed by atoms with Crippen molar-refractivity contribution in [1.82, 2.24) is 10.8 Å². The Hall–Kier alpha value is -1.18. The fourth-order valence-corrected chi connectivity index (χ4v) is 1.18. The highest BCUT2D eigenvalue weighted by atomic mass is 16.7. The maximum Gasteiger partial charge on any atom is 0.248 e. The van der Waals surface area contributed by atoms with Gasteiger partial charge in [-0.2, -0.15) is 0 Å². The van der Waals surface area contributed by atoms with E-state index in [1.165, 1.54) is 0 Å². The van der Waals surface area contributed by atoms with Crippen molar-refractivity contribution in [2.75, 3.05) is 33.0 Å². The molecule has 0 spiro atoms. The summed E-state index contributed by atoms with van der Waals surface area (Å²) in [6, 6.07) is 0. The second-order valence-corrected chi connectivity index (χ2v) is 5.24. The van der Waals surface area contributed by atoms with Gasteiger partial charge in [0.05, 0.1) is 19.8 Å². The summed E-state index contributed by atoms with van der Waals surface area (Å²) in [5.41, 5.74) is 2.09. The molecule has 7 nitrogen and oxygen atoms in total. The molecule has 2 amide bonds. The van der Waals surface area contributed by atoms with Gasteiger partial charge in [0.2, 0.25) is 11.8 Å². The second kappa shape index (κ2) is 9.71. The summed E-state index contributed by atoms with van der Waals surface area (Å²) in [7, 11) is 0. The quantitative estimate of drug-likeness (QED) is 0.393. The molecule has 0 saturated heterocycles. The van der Waals surface area contributed by atoms with Crippen molar-refractivity contribution in [2.24, 2.45) is 5.41 Å². The standard InChI is InChI=1S/C12H24N2O5/c1-12(2,3)8-10(16)14-19-9-11(17)13-4-6-18-7-5-15/h15H,4-9H2,1-3H3,(H,13,17)(H,14,16). The van der Waals surface area contributed by atoms with Crippen molar-refractivity contribution in [3.05, 3.63) is 0 Å². The van der Waals surface area contributed by atoms with Gasteiger partial charge >= 0.3 is 0 Å². The molecule has 0 radical (unpaired) electrons. The largest absolute Gasteiger partial charge is 0.394 e. The topological polar surface area (TPSA) is 96.9 Å². The first-order chi connectivity index (χ1) is 8.85. The predicted octanol–water partition coefficient (Wildman–Crippen LogP) is -0.404. The maximum atomic E-state index is 11.4. The van der Waals surface area contributed by atoms with Crippen molar-refractivity contribution in [3.63, 3.8) is 0 Å². The van der Waals surface area contributed by atoms with E-state index in [2.05, 4.69) is 10.8 Å².